The molecule has 0 aromatic heterocycles. The molecule has 0 spiro atoms. The zero-order chi connectivity index (χ0) is 19.3. The Morgan fingerprint density at radius 2 is 1.88 bits per heavy atom. The summed E-state index contributed by atoms with van der Waals surface area (Å²) in [6.07, 6.45) is 1.13. The molecule has 26 heavy (non-hydrogen) atoms. The molecule has 1 saturated heterocycles. The van der Waals surface area contributed by atoms with Crippen molar-refractivity contribution in [2.45, 2.75) is 46.6 Å². The van der Waals surface area contributed by atoms with Gasteiger partial charge in [-0.1, -0.05) is 19.1 Å². The van der Waals surface area contributed by atoms with E-state index in [9.17, 15) is 14.4 Å². The van der Waals surface area contributed by atoms with Crippen LogP contribution in [0, 0.1) is 5.92 Å². The maximum Gasteiger partial charge on any atom is 0.239 e. The molecule has 1 atom stereocenters. The first-order chi connectivity index (χ1) is 12.3. The van der Waals surface area contributed by atoms with E-state index >= 15 is 0 Å². The van der Waals surface area contributed by atoms with Gasteiger partial charge in [-0.3, -0.25) is 14.4 Å². The summed E-state index contributed by atoms with van der Waals surface area (Å²) in [4.78, 5) is 40.4. The van der Waals surface area contributed by atoms with Gasteiger partial charge in [-0.15, -0.1) is 0 Å². The number of hydrogen-bond donors (Lipinski definition) is 1. The number of anilines is 1. The third-order valence-electron chi connectivity index (χ3n) is 4.61. The maximum absolute atomic E-state index is 12.8. The number of hydrogen-bond acceptors (Lipinski definition) is 3. The fourth-order valence-electron chi connectivity index (χ4n) is 3.18. The second-order valence-corrected chi connectivity index (χ2v) is 7.00. The first-order valence-corrected chi connectivity index (χ1v) is 9.33. The second-order valence-electron chi connectivity index (χ2n) is 7.00. The Hall–Kier alpha value is -2.37. The summed E-state index contributed by atoms with van der Waals surface area (Å²) in [7, 11) is 0. The standard InChI is InChI=1S/C20H29N3O3/c1-5-15-7-9-17(10-8-15)23-12-16(11-19(23)25)20(26)22(6-2)13-18(24)21-14(3)4/h7-10,14,16H,5-6,11-13H2,1-4H3,(H,21,24). The van der Waals surface area contributed by atoms with Gasteiger partial charge >= 0.3 is 0 Å². The number of carbonyl (C=O) groups is 3. The monoisotopic (exact) mass is 359 g/mol. The van der Waals surface area contributed by atoms with Crippen LogP contribution in [0.3, 0.4) is 0 Å². The number of benzene rings is 1. The number of amides is 3. The molecule has 1 N–H and O–H groups in total. The van der Waals surface area contributed by atoms with Crippen molar-refractivity contribution in [3.63, 3.8) is 0 Å². The number of aryl methyl sites for hydroxylation is 1. The van der Waals surface area contributed by atoms with Crippen molar-refractivity contribution in [1.29, 1.82) is 0 Å². The van der Waals surface area contributed by atoms with Crippen molar-refractivity contribution in [2.24, 2.45) is 5.92 Å². The number of rotatable bonds is 7. The van der Waals surface area contributed by atoms with Crippen LogP contribution in [0.4, 0.5) is 5.69 Å². The van der Waals surface area contributed by atoms with Crippen molar-refractivity contribution in [2.75, 3.05) is 24.5 Å². The van der Waals surface area contributed by atoms with Crippen molar-refractivity contribution in [3.8, 4) is 0 Å². The first kappa shape index (κ1) is 19.9. The number of likely N-dealkylation sites (N-methyl/N-ethyl adjacent to an activating group) is 1. The Morgan fingerprint density at radius 3 is 2.42 bits per heavy atom. The fourth-order valence-corrected chi connectivity index (χ4v) is 3.18. The van der Waals surface area contributed by atoms with E-state index in [0.29, 0.717) is 13.1 Å². The molecule has 2 rings (SSSR count). The maximum atomic E-state index is 12.8. The minimum Gasteiger partial charge on any atom is -0.352 e. The van der Waals surface area contributed by atoms with Crippen LogP contribution in [0.2, 0.25) is 0 Å². The Bertz CT molecular complexity index is 655. The molecule has 142 valence electrons. The quantitative estimate of drug-likeness (QED) is 0.809. The summed E-state index contributed by atoms with van der Waals surface area (Å²) in [6.45, 7) is 8.54. The molecule has 1 aromatic rings. The predicted octanol–water partition coefficient (Wildman–Crippen LogP) is 1.97. The van der Waals surface area contributed by atoms with E-state index in [1.165, 1.54) is 10.5 Å². The second kappa shape index (κ2) is 8.83. The highest BCUT2D eigenvalue weighted by molar-refractivity contribution is 6.00. The van der Waals surface area contributed by atoms with Crippen LogP contribution < -0.4 is 10.2 Å². The lowest BCUT2D eigenvalue weighted by atomic mass is 10.1. The van der Waals surface area contributed by atoms with Crippen molar-refractivity contribution in [1.82, 2.24) is 10.2 Å². The van der Waals surface area contributed by atoms with Crippen molar-refractivity contribution >= 4 is 23.4 Å². The molecule has 3 amide bonds. The molecule has 6 nitrogen and oxygen atoms in total. The highest BCUT2D eigenvalue weighted by Gasteiger charge is 2.37. The largest absolute Gasteiger partial charge is 0.352 e. The average molecular weight is 359 g/mol. The van der Waals surface area contributed by atoms with Crippen LogP contribution in [0.15, 0.2) is 24.3 Å². The Morgan fingerprint density at radius 1 is 1.23 bits per heavy atom. The summed E-state index contributed by atoms with van der Waals surface area (Å²) < 4.78 is 0. The fraction of sp³-hybridized carbons (Fsp3) is 0.550. The van der Waals surface area contributed by atoms with E-state index in [4.69, 9.17) is 0 Å². The number of nitrogens with zero attached hydrogens (tertiary/aromatic N) is 2. The van der Waals surface area contributed by atoms with Crippen LogP contribution in [0.25, 0.3) is 0 Å². The third-order valence-corrected chi connectivity index (χ3v) is 4.61. The van der Waals surface area contributed by atoms with Crippen LogP contribution in [-0.4, -0.2) is 48.3 Å². The lowest BCUT2D eigenvalue weighted by molar-refractivity contribution is -0.139. The van der Waals surface area contributed by atoms with Gasteiger partial charge in [0.05, 0.1) is 12.5 Å². The van der Waals surface area contributed by atoms with E-state index in [1.807, 2.05) is 45.0 Å². The highest BCUT2D eigenvalue weighted by Crippen LogP contribution is 2.26. The van der Waals surface area contributed by atoms with Gasteiger partial charge in [0.2, 0.25) is 17.7 Å². The zero-order valence-corrected chi connectivity index (χ0v) is 16.1. The molecule has 6 heteroatoms. The molecule has 0 radical (unpaired) electrons. The van der Waals surface area contributed by atoms with Crippen LogP contribution >= 0.6 is 0 Å². The van der Waals surface area contributed by atoms with Crippen molar-refractivity contribution < 1.29 is 14.4 Å². The lowest BCUT2D eigenvalue weighted by Crippen LogP contribution is -2.45. The highest BCUT2D eigenvalue weighted by atomic mass is 16.2. The van der Waals surface area contributed by atoms with Crippen molar-refractivity contribution in [3.05, 3.63) is 29.8 Å². The first-order valence-electron chi connectivity index (χ1n) is 9.33. The van der Waals surface area contributed by atoms with E-state index in [2.05, 4.69) is 12.2 Å². The summed E-state index contributed by atoms with van der Waals surface area (Å²) >= 11 is 0. The molecule has 1 aliphatic rings. The Balaban J connectivity index is 2.03. The molecule has 1 aromatic carbocycles. The SMILES string of the molecule is CCc1ccc(N2CC(C(=O)N(CC)CC(=O)NC(C)C)CC2=O)cc1. The number of carbonyl (C=O) groups excluding carboxylic acids is 3. The van der Waals surface area contributed by atoms with E-state index in [1.54, 1.807) is 4.90 Å². The predicted molar refractivity (Wildman–Crippen MR) is 102 cm³/mol. The van der Waals surface area contributed by atoms with Crippen LogP contribution in [0.1, 0.15) is 39.7 Å². The van der Waals surface area contributed by atoms with Gasteiger partial charge in [0.25, 0.3) is 0 Å². The number of nitrogens with one attached hydrogen (secondary N) is 1. The minimum atomic E-state index is -0.403. The molecule has 0 aliphatic carbocycles. The summed E-state index contributed by atoms with van der Waals surface area (Å²) in [5, 5.41) is 2.80. The molecular weight excluding hydrogens is 330 g/mol. The van der Waals surface area contributed by atoms with Gasteiger partial charge in [0.1, 0.15) is 0 Å². The molecule has 0 saturated carbocycles. The van der Waals surface area contributed by atoms with Crippen LogP contribution in [-0.2, 0) is 20.8 Å². The Labute approximate surface area is 155 Å². The summed E-state index contributed by atoms with van der Waals surface area (Å²) in [5.74, 6) is -0.755. The van der Waals surface area contributed by atoms with E-state index < -0.39 is 5.92 Å². The van der Waals surface area contributed by atoms with Crippen LogP contribution in [0.5, 0.6) is 0 Å². The van der Waals surface area contributed by atoms with Gasteiger partial charge in [0.15, 0.2) is 0 Å². The normalized spacial score (nSPS) is 16.9. The topological polar surface area (TPSA) is 69.7 Å². The molecule has 1 unspecified atom stereocenters. The zero-order valence-electron chi connectivity index (χ0n) is 16.1. The molecule has 1 heterocycles. The minimum absolute atomic E-state index is 0.0312. The smallest absolute Gasteiger partial charge is 0.239 e. The van der Waals surface area contributed by atoms with Gasteiger partial charge < -0.3 is 15.1 Å². The summed E-state index contributed by atoms with van der Waals surface area (Å²) in [6, 6.07) is 7.90. The molecule has 0 bridgehead atoms. The van der Waals surface area contributed by atoms with Gasteiger partial charge in [0, 0.05) is 31.2 Å². The van der Waals surface area contributed by atoms with Gasteiger partial charge in [-0.05, 0) is 44.9 Å². The summed E-state index contributed by atoms with van der Waals surface area (Å²) in [5.41, 5.74) is 2.03. The third kappa shape index (κ3) is 4.84. The Kier molecular flexibility index (Phi) is 6.77. The van der Waals surface area contributed by atoms with Gasteiger partial charge in [-0.25, -0.2) is 0 Å². The lowest BCUT2D eigenvalue weighted by Gasteiger charge is -2.24. The molecule has 1 fully saturated rings. The molecular formula is C20H29N3O3. The van der Waals surface area contributed by atoms with E-state index in [0.717, 1.165) is 12.1 Å². The average Bonchev–Trinajstić information content (AvgIpc) is 3.00. The molecule has 1 aliphatic heterocycles. The van der Waals surface area contributed by atoms with E-state index in [-0.39, 0.29) is 36.7 Å². The van der Waals surface area contributed by atoms with Gasteiger partial charge in [-0.2, -0.15) is 0 Å².